The lowest BCUT2D eigenvalue weighted by Gasteiger charge is -2.42. The fraction of sp³-hybridized carbons (Fsp3) is 0.526. The monoisotopic (exact) mass is 427 g/mol. The van der Waals surface area contributed by atoms with Gasteiger partial charge in [-0.05, 0) is 36.8 Å². The van der Waals surface area contributed by atoms with Crippen LogP contribution in [0.25, 0.3) is 0 Å². The molecule has 1 aliphatic heterocycles. The molecule has 1 saturated heterocycles. The zero-order chi connectivity index (χ0) is 21.6. The summed E-state index contributed by atoms with van der Waals surface area (Å²) in [5, 5.41) is 13.5. The van der Waals surface area contributed by atoms with E-state index >= 15 is 0 Å². The molecule has 1 aromatic rings. The van der Waals surface area contributed by atoms with E-state index in [1.54, 1.807) is 19.1 Å². The van der Waals surface area contributed by atoms with Gasteiger partial charge in [-0.1, -0.05) is 12.1 Å². The Bertz CT molecular complexity index is 725. The number of nitrogens with one attached hydrogen (secondary N) is 1. The van der Waals surface area contributed by atoms with Crippen molar-refractivity contribution in [3.05, 3.63) is 29.8 Å². The largest absolute Gasteiger partial charge is 0.474 e. The maximum Gasteiger partial charge on any atom is 0.303 e. The lowest BCUT2D eigenvalue weighted by Crippen LogP contribution is -2.60. The van der Waals surface area contributed by atoms with Gasteiger partial charge in [0.2, 0.25) is 12.4 Å². The molecule has 160 valence electrons. The molecule has 2 rings (SSSR count). The molecule has 0 aliphatic carbocycles. The average Bonchev–Trinajstić information content (AvgIpc) is 2.67. The first-order valence-corrected chi connectivity index (χ1v) is 9.37. The Labute approximate surface area is 174 Å². The van der Waals surface area contributed by atoms with E-state index in [0.717, 1.165) is 5.56 Å². The second-order valence-electron chi connectivity index (χ2n) is 6.46. The summed E-state index contributed by atoms with van der Waals surface area (Å²) in [4.78, 5) is 23.0. The molecular formula is C19H25NO8S. The molecule has 0 amide bonds. The number of methoxy groups -OCH3 is 1. The molecule has 1 fully saturated rings. The third kappa shape index (κ3) is 6.55. The lowest BCUT2D eigenvalue weighted by molar-refractivity contribution is -0.277. The molecule has 0 spiro atoms. The predicted molar refractivity (Wildman–Crippen MR) is 105 cm³/mol. The molecule has 29 heavy (non-hydrogen) atoms. The first-order chi connectivity index (χ1) is 13.7. The second-order valence-corrected chi connectivity index (χ2v) is 6.83. The summed E-state index contributed by atoms with van der Waals surface area (Å²) < 4.78 is 26.8. The van der Waals surface area contributed by atoms with Crippen molar-refractivity contribution in [3.8, 4) is 5.75 Å². The van der Waals surface area contributed by atoms with Crippen molar-refractivity contribution in [2.24, 2.45) is 0 Å². The van der Waals surface area contributed by atoms with Crippen LogP contribution in [0, 0.1) is 0 Å². The third-order valence-corrected chi connectivity index (χ3v) is 4.47. The Morgan fingerprint density at radius 3 is 2.28 bits per heavy atom. The zero-order valence-corrected chi connectivity index (χ0v) is 17.4. The van der Waals surface area contributed by atoms with Gasteiger partial charge in [0.25, 0.3) is 5.17 Å². The minimum atomic E-state index is -1.18. The van der Waals surface area contributed by atoms with Crippen LogP contribution in [0.3, 0.4) is 0 Å². The second kappa shape index (κ2) is 10.4. The molecule has 9 nitrogen and oxygen atoms in total. The first-order valence-electron chi connectivity index (χ1n) is 8.96. The first kappa shape index (κ1) is 22.9. The summed E-state index contributed by atoms with van der Waals surface area (Å²) in [5.74, 6) is -0.804. The van der Waals surface area contributed by atoms with Crippen LogP contribution >= 0.6 is 12.2 Å². The molecule has 0 radical (unpaired) electrons. The summed E-state index contributed by atoms with van der Waals surface area (Å²) in [6.07, 6.45) is -5.23. The number of hydrogen-bond donors (Lipinski definition) is 2. The summed E-state index contributed by atoms with van der Waals surface area (Å²) in [6, 6.07) is 7.04. The van der Waals surface area contributed by atoms with Crippen LogP contribution < -0.4 is 10.1 Å². The van der Waals surface area contributed by atoms with E-state index in [9.17, 15) is 14.7 Å². The fourth-order valence-electron chi connectivity index (χ4n) is 2.79. The number of carbonyl (C=O) groups excluding carboxylic acids is 2. The molecule has 0 aromatic heterocycles. The van der Waals surface area contributed by atoms with Crippen LogP contribution in [0.1, 0.15) is 26.3 Å². The van der Waals surface area contributed by atoms with Crippen LogP contribution in [0.15, 0.2) is 24.3 Å². The number of benzene rings is 1. The van der Waals surface area contributed by atoms with E-state index in [-0.39, 0.29) is 5.17 Å². The maximum atomic E-state index is 11.5. The Kier molecular flexibility index (Phi) is 8.18. The minimum Gasteiger partial charge on any atom is -0.474 e. The van der Waals surface area contributed by atoms with Gasteiger partial charge in [-0.25, -0.2) is 0 Å². The van der Waals surface area contributed by atoms with Gasteiger partial charge in [0.15, 0.2) is 6.10 Å². The van der Waals surface area contributed by atoms with Crippen molar-refractivity contribution >= 4 is 29.3 Å². The van der Waals surface area contributed by atoms with Crippen LogP contribution in [-0.2, 0) is 35.1 Å². The van der Waals surface area contributed by atoms with Gasteiger partial charge in [0, 0.05) is 20.4 Å². The fourth-order valence-corrected chi connectivity index (χ4v) is 2.86. The molecule has 0 bridgehead atoms. The number of carbonyl (C=O) groups is 2. The van der Waals surface area contributed by atoms with E-state index in [1.165, 1.54) is 21.0 Å². The minimum absolute atomic E-state index is 0.286. The van der Waals surface area contributed by atoms with E-state index in [1.807, 2.05) is 12.1 Å². The molecule has 5 atom stereocenters. The Morgan fingerprint density at radius 2 is 1.72 bits per heavy atom. The highest BCUT2D eigenvalue weighted by Gasteiger charge is 2.49. The van der Waals surface area contributed by atoms with E-state index in [4.69, 9.17) is 35.9 Å². The smallest absolute Gasteiger partial charge is 0.303 e. The summed E-state index contributed by atoms with van der Waals surface area (Å²) in [7, 11) is 1.48. The molecule has 1 aliphatic rings. The summed E-state index contributed by atoms with van der Waals surface area (Å²) in [5.41, 5.74) is 0.930. The van der Waals surface area contributed by atoms with E-state index in [0.29, 0.717) is 12.3 Å². The highest BCUT2D eigenvalue weighted by atomic mass is 32.1. The van der Waals surface area contributed by atoms with Gasteiger partial charge in [0.05, 0.1) is 13.2 Å². The van der Waals surface area contributed by atoms with Gasteiger partial charge in [-0.15, -0.1) is 0 Å². The van der Waals surface area contributed by atoms with Gasteiger partial charge in [-0.3, -0.25) is 9.59 Å². The molecule has 1 heterocycles. The molecule has 10 heteroatoms. The Morgan fingerprint density at radius 1 is 1.14 bits per heavy atom. The lowest BCUT2D eigenvalue weighted by atomic mass is 9.99. The van der Waals surface area contributed by atoms with Crippen LogP contribution in [0.5, 0.6) is 5.75 Å². The third-order valence-electron chi connectivity index (χ3n) is 4.16. The number of aliphatic hydroxyl groups excluding tert-OH is 1. The summed E-state index contributed by atoms with van der Waals surface area (Å²) >= 11 is 4.92. The zero-order valence-electron chi connectivity index (χ0n) is 16.6. The number of aliphatic hydroxyl groups is 1. The SMILES string of the molecule is COC(=S)NCc1ccc(O[C@@H]2O[C@@H](C)[C@H](O)[C@@H](OC(C)=O)[C@H]2OC(C)=O)cc1. The Balaban J connectivity index is 2.13. The number of ether oxygens (including phenoxy) is 5. The van der Waals surface area contributed by atoms with E-state index < -0.39 is 42.6 Å². The quantitative estimate of drug-likeness (QED) is 0.505. The van der Waals surface area contributed by atoms with Crippen molar-refractivity contribution in [1.82, 2.24) is 5.32 Å². The number of thiocarbonyl (C=S) groups is 1. The average molecular weight is 427 g/mol. The van der Waals surface area contributed by atoms with Crippen molar-refractivity contribution in [1.29, 1.82) is 0 Å². The van der Waals surface area contributed by atoms with Crippen LogP contribution in [0.2, 0.25) is 0 Å². The molecule has 0 unspecified atom stereocenters. The standard InChI is InChI=1S/C19H25NO8S/c1-10-15(23)16(26-11(2)21)17(27-12(3)22)18(25-10)28-14-7-5-13(6-8-14)9-20-19(29)24-4/h5-8,10,15-18,23H,9H2,1-4H3,(H,20,29)/t10-,15-,16+,17+,18-/m0/s1. The van der Waals surface area contributed by atoms with Gasteiger partial charge in [0.1, 0.15) is 11.9 Å². The molecule has 2 N–H and O–H groups in total. The van der Waals surface area contributed by atoms with Crippen molar-refractivity contribution < 1.29 is 38.4 Å². The van der Waals surface area contributed by atoms with Crippen molar-refractivity contribution in [3.63, 3.8) is 0 Å². The van der Waals surface area contributed by atoms with Crippen molar-refractivity contribution in [2.45, 2.75) is 58.0 Å². The van der Waals surface area contributed by atoms with Gasteiger partial charge >= 0.3 is 11.9 Å². The van der Waals surface area contributed by atoms with Gasteiger partial charge < -0.3 is 34.1 Å². The predicted octanol–water partition coefficient (Wildman–Crippen LogP) is 1.06. The normalized spacial score (nSPS) is 26.2. The number of hydrogen-bond acceptors (Lipinski definition) is 9. The molecular weight excluding hydrogens is 402 g/mol. The van der Waals surface area contributed by atoms with E-state index in [2.05, 4.69) is 5.32 Å². The highest BCUT2D eigenvalue weighted by Crippen LogP contribution is 2.28. The number of rotatable bonds is 6. The van der Waals surface area contributed by atoms with Crippen LogP contribution in [-0.4, -0.2) is 60.0 Å². The topological polar surface area (TPSA) is 113 Å². The highest BCUT2D eigenvalue weighted by molar-refractivity contribution is 7.80. The molecule has 0 saturated carbocycles. The molecule has 1 aromatic carbocycles. The Hall–Kier alpha value is -2.43. The maximum absolute atomic E-state index is 11.5. The van der Waals surface area contributed by atoms with Crippen molar-refractivity contribution in [2.75, 3.05) is 7.11 Å². The van der Waals surface area contributed by atoms with Gasteiger partial charge in [-0.2, -0.15) is 0 Å². The van der Waals surface area contributed by atoms with Crippen LogP contribution in [0.4, 0.5) is 0 Å². The number of esters is 2. The summed E-state index contributed by atoms with van der Waals surface area (Å²) in [6.45, 7) is 4.49.